The van der Waals surface area contributed by atoms with Gasteiger partial charge in [0.25, 0.3) is 0 Å². The summed E-state index contributed by atoms with van der Waals surface area (Å²) in [6, 6.07) is 0. The third-order valence-electron chi connectivity index (χ3n) is 3.99. The summed E-state index contributed by atoms with van der Waals surface area (Å²) in [5.74, 6) is -4.12. The van der Waals surface area contributed by atoms with Gasteiger partial charge in [0, 0.05) is 0 Å². The molecule has 1 heterocycles. The van der Waals surface area contributed by atoms with Crippen molar-refractivity contribution < 1.29 is 38.1 Å². The van der Waals surface area contributed by atoms with Crippen LogP contribution in [-0.2, 0) is 38.1 Å². The highest BCUT2D eigenvalue weighted by atomic mass is 16.7. The average molecular weight is 318 g/mol. The topological polar surface area (TPSA) is 97.4 Å². The van der Waals surface area contributed by atoms with E-state index in [0.717, 1.165) is 14.2 Å². The van der Waals surface area contributed by atoms with Crippen LogP contribution in [0.3, 0.4) is 0 Å². The Morgan fingerprint density at radius 3 is 1.77 bits per heavy atom. The summed E-state index contributed by atoms with van der Waals surface area (Å²) in [5, 5.41) is 0. The van der Waals surface area contributed by atoms with E-state index in [1.807, 2.05) is 0 Å². The molecular formula is C14H22O8. The van der Waals surface area contributed by atoms with Gasteiger partial charge in [-0.1, -0.05) is 6.92 Å². The molecule has 0 aromatic rings. The van der Waals surface area contributed by atoms with E-state index in [9.17, 15) is 14.4 Å². The van der Waals surface area contributed by atoms with Gasteiger partial charge in [0.2, 0.25) is 5.41 Å². The molecule has 0 aliphatic carbocycles. The van der Waals surface area contributed by atoms with Gasteiger partial charge in [-0.3, -0.25) is 14.4 Å². The molecule has 0 aromatic heterocycles. The number of esters is 3. The Morgan fingerprint density at radius 1 is 1.00 bits per heavy atom. The first-order chi connectivity index (χ1) is 10.3. The zero-order chi connectivity index (χ0) is 17.0. The summed E-state index contributed by atoms with van der Waals surface area (Å²) < 4.78 is 25.3. The van der Waals surface area contributed by atoms with E-state index in [2.05, 4.69) is 9.47 Å². The molecule has 1 unspecified atom stereocenters. The first-order valence-electron chi connectivity index (χ1n) is 6.86. The maximum Gasteiger partial charge on any atom is 0.328 e. The van der Waals surface area contributed by atoms with Crippen LogP contribution in [0.15, 0.2) is 0 Å². The fraction of sp³-hybridized carbons (Fsp3) is 0.786. The van der Waals surface area contributed by atoms with Crippen LogP contribution in [0, 0.1) is 11.3 Å². The summed E-state index contributed by atoms with van der Waals surface area (Å²) in [4.78, 5) is 35.7. The lowest BCUT2D eigenvalue weighted by Crippen LogP contribution is -2.60. The van der Waals surface area contributed by atoms with Crippen LogP contribution in [-0.4, -0.2) is 58.2 Å². The third kappa shape index (κ3) is 2.93. The van der Waals surface area contributed by atoms with Gasteiger partial charge in [0.1, 0.15) is 5.92 Å². The largest absolute Gasteiger partial charge is 0.469 e. The van der Waals surface area contributed by atoms with Gasteiger partial charge in [0.05, 0.1) is 34.5 Å². The minimum atomic E-state index is -1.70. The van der Waals surface area contributed by atoms with Crippen molar-refractivity contribution >= 4 is 17.9 Å². The SMILES string of the molecule is CCC1(C(C)C(=O)OC)OCC(C(=O)OC)(C(=O)OC)CO1. The fourth-order valence-electron chi connectivity index (χ4n) is 2.40. The third-order valence-corrected chi connectivity index (χ3v) is 3.99. The molecule has 22 heavy (non-hydrogen) atoms. The molecule has 126 valence electrons. The number of methoxy groups -OCH3 is 3. The highest BCUT2D eigenvalue weighted by molar-refractivity contribution is 6.00. The van der Waals surface area contributed by atoms with Gasteiger partial charge in [-0.2, -0.15) is 0 Å². The van der Waals surface area contributed by atoms with Crippen molar-refractivity contribution in [2.75, 3.05) is 34.5 Å². The van der Waals surface area contributed by atoms with E-state index < -0.39 is 35.0 Å². The summed E-state index contributed by atoms with van der Waals surface area (Å²) >= 11 is 0. The Labute approximate surface area is 129 Å². The van der Waals surface area contributed by atoms with E-state index in [0.29, 0.717) is 6.42 Å². The van der Waals surface area contributed by atoms with Crippen molar-refractivity contribution in [3.8, 4) is 0 Å². The summed E-state index contributed by atoms with van der Waals surface area (Å²) in [7, 11) is 3.58. The van der Waals surface area contributed by atoms with Crippen LogP contribution in [0.25, 0.3) is 0 Å². The second-order valence-corrected chi connectivity index (χ2v) is 5.05. The van der Waals surface area contributed by atoms with Gasteiger partial charge < -0.3 is 23.7 Å². The number of carbonyl (C=O) groups excluding carboxylic acids is 3. The summed E-state index contributed by atoms with van der Waals surface area (Å²) in [5.41, 5.74) is -1.70. The first-order valence-corrected chi connectivity index (χ1v) is 6.86. The maximum atomic E-state index is 12.0. The molecule has 0 amide bonds. The summed E-state index contributed by atoms with van der Waals surface area (Å²) in [6.07, 6.45) is 0.335. The van der Waals surface area contributed by atoms with Gasteiger partial charge in [-0.05, 0) is 13.3 Å². The highest BCUT2D eigenvalue weighted by Gasteiger charge is 2.57. The monoisotopic (exact) mass is 318 g/mol. The molecule has 1 rings (SSSR count). The average Bonchev–Trinajstić information content (AvgIpc) is 2.58. The van der Waals surface area contributed by atoms with E-state index >= 15 is 0 Å². The van der Waals surface area contributed by atoms with Crippen molar-refractivity contribution in [3.63, 3.8) is 0 Å². The zero-order valence-electron chi connectivity index (χ0n) is 13.5. The number of rotatable bonds is 5. The fourth-order valence-corrected chi connectivity index (χ4v) is 2.40. The molecule has 0 bridgehead atoms. The molecule has 1 fully saturated rings. The molecule has 8 nitrogen and oxygen atoms in total. The molecular weight excluding hydrogens is 296 g/mol. The smallest absolute Gasteiger partial charge is 0.328 e. The molecule has 0 aromatic carbocycles. The first kappa shape index (κ1) is 18.4. The van der Waals surface area contributed by atoms with Crippen LogP contribution >= 0.6 is 0 Å². The van der Waals surface area contributed by atoms with Crippen LogP contribution in [0.2, 0.25) is 0 Å². The Hall–Kier alpha value is -1.67. The predicted molar refractivity (Wildman–Crippen MR) is 72.6 cm³/mol. The van der Waals surface area contributed by atoms with Gasteiger partial charge in [0.15, 0.2) is 5.79 Å². The number of hydrogen-bond donors (Lipinski definition) is 0. The van der Waals surface area contributed by atoms with Gasteiger partial charge >= 0.3 is 17.9 Å². The zero-order valence-corrected chi connectivity index (χ0v) is 13.5. The van der Waals surface area contributed by atoms with E-state index in [-0.39, 0.29) is 13.2 Å². The second kappa shape index (κ2) is 7.06. The number of ether oxygens (including phenoxy) is 5. The van der Waals surface area contributed by atoms with Crippen molar-refractivity contribution in [1.29, 1.82) is 0 Å². The molecule has 0 saturated carbocycles. The molecule has 1 aliphatic heterocycles. The van der Waals surface area contributed by atoms with Crippen molar-refractivity contribution in [2.45, 2.75) is 26.1 Å². The summed E-state index contributed by atoms with van der Waals surface area (Å²) in [6.45, 7) is 2.75. The number of carbonyl (C=O) groups is 3. The normalized spacial score (nSPS) is 20.6. The van der Waals surface area contributed by atoms with E-state index in [1.54, 1.807) is 13.8 Å². The van der Waals surface area contributed by atoms with Gasteiger partial charge in [-0.25, -0.2) is 0 Å². The molecule has 0 radical (unpaired) electrons. The van der Waals surface area contributed by atoms with Crippen molar-refractivity contribution in [3.05, 3.63) is 0 Å². The van der Waals surface area contributed by atoms with Crippen LogP contribution in [0.1, 0.15) is 20.3 Å². The molecule has 0 spiro atoms. The standard InChI is InChI=1S/C14H22O8/c1-6-14(9(2)10(15)18-3)21-7-13(8-22-14,11(16)19-4)12(17)20-5/h9H,6-8H2,1-5H3. The minimum absolute atomic E-state index is 0.304. The van der Waals surface area contributed by atoms with Crippen LogP contribution in [0.5, 0.6) is 0 Å². The van der Waals surface area contributed by atoms with E-state index in [1.165, 1.54) is 7.11 Å². The Kier molecular flexibility index (Phi) is 5.90. The highest BCUT2D eigenvalue weighted by Crippen LogP contribution is 2.38. The number of hydrogen-bond acceptors (Lipinski definition) is 8. The second-order valence-electron chi connectivity index (χ2n) is 5.05. The molecule has 0 N–H and O–H groups in total. The van der Waals surface area contributed by atoms with Crippen molar-refractivity contribution in [2.24, 2.45) is 11.3 Å². The minimum Gasteiger partial charge on any atom is -0.469 e. The Bertz CT molecular complexity index is 418. The lowest BCUT2D eigenvalue weighted by molar-refractivity contribution is -0.318. The lowest BCUT2D eigenvalue weighted by atomic mass is 9.87. The van der Waals surface area contributed by atoms with Crippen LogP contribution in [0.4, 0.5) is 0 Å². The van der Waals surface area contributed by atoms with Crippen LogP contribution < -0.4 is 0 Å². The molecule has 1 atom stereocenters. The molecule has 1 aliphatic rings. The Balaban J connectivity index is 3.04. The molecule has 1 saturated heterocycles. The lowest BCUT2D eigenvalue weighted by Gasteiger charge is -2.45. The van der Waals surface area contributed by atoms with Gasteiger partial charge in [-0.15, -0.1) is 0 Å². The van der Waals surface area contributed by atoms with E-state index in [4.69, 9.17) is 14.2 Å². The quantitative estimate of drug-likeness (QED) is 0.405. The maximum absolute atomic E-state index is 12.0. The molecule has 8 heteroatoms. The Morgan fingerprint density at radius 2 is 1.45 bits per heavy atom. The predicted octanol–water partition coefficient (Wildman–Crippen LogP) is 0.281. The van der Waals surface area contributed by atoms with Crippen molar-refractivity contribution in [1.82, 2.24) is 0 Å².